The molecule has 1 nitrogen and oxygen atoms in total. The van der Waals surface area contributed by atoms with Crippen molar-refractivity contribution in [2.24, 2.45) is 0 Å². The first-order valence-electron chi connectivity index (χ1n) is 4.98. The lowest BCUT2D eigenvalue weighted by molar-refractivity contribution is -0.141. The number of benzene rings is 1. The van der Waals surface area contributed by atoms with E-state index in [9.17, 15) is 13.2 Å². The topological polar surface area (TPSA) is 12.9 Å². The molecule has 2 rings (SSSR count). The summed E-state index contributed by atoms with van der Waals surface area (Å²) in [6.07, 6.45) is -4.53. The molecule has 0 bridgehead atoms. The Bertz CT molecular complexity index is 603. The molecular formula is C12H5Cl3F3N. The van der Waals surface area contributed by atoms with Gasteiger partial charge in [0.25, 0.3) is 0 Å². The van der Waals surface area contributed by atoms with E-state index in [1.54, 1.807) is 0 Å². The third kappa shape index (κ3) is 3.14. The van der Waals surface area contributed by atoms with Gasteiger partial charge in [-0.05, 0) is 24.3 Å². The van der Waals surface area contributed by atoms with E-state index >= 15 is 0 Å². The van der Waals surface area contributed by atoms with Crippen LogP contribution in [0.3, 0.4) is 0 Å². The molecule has 0 amide bonds. The van der Waals surface area contributed by atoms with Crippen LogP contribution in [0.4, 0.5) is 13.2 Å². The molecule has 0 fully saturated rings. The monoisotopic (exact) mass is 325 g/mol. The summed E-state index contributed by atoms with van der Waals surface area (Å²) in [5.41, 5.74) is -0.743. The third-order valence-electron chi connectivity index (χ3n) is 2.30. The minimum atomic E-state index is -4.53. The van der Waals surface area contributed by atoms with Crippen LogP contribution in [0.25, 0.3) is 11.3 Å². The maximum absolute atomic E-state index is 12.6. The van der Waals surface area contributed by atoms with Gasteiger partial charge in [-0.25, -0.2) is 4.98 Å². The van der Waals surface area contributed by atoms with Gasteiger partial charge < -0.3 is 0 Å². The van der Waals surface area contributed by atoms with E-state index in [4.69, 9.17) is 34.8 Å². The summed E-state index contributed by atoms with van der Waals surface area (Å²) in [5.74, 6) is 0. The molecule has 0 spiro atoms. The molecule has 0 saturated carbocycles. The second-order valence-corrected chi connectivity index (χ2v) is 4.90. The number of rotatable bonds is 1. The van der Waals surface area contributed by atoms with Gasteiger partial charge in [0.15, 0.2) is 0 Å². The highest BCUT2D eigenvalue weighted by molar-refractivity contribution is 6.41. The molecule has 100 valence electrons. The predicted molar refractivity (Wildman–Crippen MR) is 69.7 cm³/mol. The Labute approximate surface area is 121 Å². The van der Waals surface area contributed by atoms with Gasteiger partial charge in [-0.3, -0.25) is 0 Å². The maximum Gasteiger partial charge on any atom is 0.433 e. The van der Waals surface area contributed by atoms with Crippen LogP contribution in [-0.2, 0) is 6.18 Å². The third-order valence-corrected chi connectivity index (χ3v) is 3.12. The zero-order valence-corrected chi connectivity index (χ0v) is 11.4. The molecule has 2 aromatic rings. The molecule has 0 N–H and O–H groups in total. The number of halogens is 6. The fraction of sp³-hybridized carbons (Fsp3) is 0.0833. The smallest absolute Gasteiger partial charge is 0.243 e. The number of hydrogen-bond donors (Lipinski definition) is 0. The van der Waals surface area contributed by atoms with Gasteiger partial charge in [0.2, 0.25) is 0 Å². The van der Waals surface area contributed by atoms with Gasteiger partial charge >= 0.3 is 6.18 Å². The molecule has 0 aliphatic rings. The van der Waals surface area contributed by atoms with Gasteiger partial charge in [-0.2, -0.15) is 13.2 Å². The lowest BCUT2D eigenvalue weighted by atomic mass is 10.1. The van der Waals surface area contributed by atoms with Gasteiger partial charge in [0, 0.05) is 10.6 Å². The number of aromatic nitrogens is 1. The molecule has 1 aromatic carbocycles. The predicted octanol–water partition coefficient (Wildman–Crippen LogP) is 5.73. The molecule has 0 radical (unpaired) electrons. The van der Waals surface area contributed by atoms with Gasteiger partial charge in [-0.1, -0.05) is 40.9 Å². The molecule has 0 aliphatic heterocycles. The minimum absolute atomic E-state index is 0.0430. The number of alkyl halides is 3. The lowest BCUT2D eigenvalue weighted by Crippen LogP contribution is -2.08. The Hall–Kier alpha value is -0.970. The van der Waals surface area contributed by atoms with E-state index in [2.05, 4.69) is 4.98 Å². The second kappa shape index (κ2) is 5.19. The summed E-state index contributed by atoms with van der Waals surface area (Å²) in [5, 5.41) is 0.583. The lowest BCUT2D eigenvalue weighted by Gasteiger charge is -2.10. The zero-order chi connectivity index (χ0) is 14.2. The van der Waals surface area contributed by atoms with Crippen LogP contribution in [-0.4, -0.2) is 4.98 Å². The van der Waals surface area contributed by atoms with Crippen molar-refractivity contribution in [2.75, 3.05) is 0 Å². The summed E-state index contributed by atoms with van der Waals surface area (Å²) in [6.45, 7) is 0. The Morgan fingerprint density at radius 3 is 2.05 bits per heavy atom. The second-order valence-electron chi connectivity index (χ2n) is 3.65. The molecular weight excluding hydrogens is 321 g/mol. The number of hydrogen-bond acceptors (Lipinski definition) is 1. The molecule has 0 unspecified atom stereocenters. The summed E-state index contributed by atoms with van der Waals surface area (Å²) in [7, 11) is 0. The van der Waals surface area contributed by atoms with Crippen LogP contribution in [0.1, 0.15) is 5.69 Å². The Morgan fingerprint density at radius 1 is 0.947 bits per heavy atom. The average Bonchev–Trinajstić information content (AvgIpc) is 2.26. The van der Waals surface area contributed by atoms with Crippen molar-refractivity contribution < 1.29 is 13.2 Å². The van der Waals surface area contributed by atoms with E-state index in [0.29, 0.717) is 5.02 Å². The normalized spacial score (nSPS) is 11.7. The first kappa shape index (κ1) is 14.4. The van der Waals surface area contributed by atoms with Crippen molar-refractivity contribution in [1.82, 2.24) is 4.98 Å². The van der Waals surface area contributed by atoms with Gasteiger partial charge in [0.05, 0.1) is 15.7 Å². The molecule has 1 aromatic heterocycles. The Kier molecular flexibility index (Phi) is 3.95. The summed E-state index contributed by atoms with van der Waals surface area (Å²) in [4.78, 5) is 3.53. The van der Waals surface area contributed by atoms with Crippen LogP contribution in [0.2, 0.25) is 15.1 Å². The van der Waals surface area contributed by atoms with E-state index in [1.807, 2.05) is 0 Å². The first-order chi connectivity index (χ1) is 8.79. The van der Waals surface area contributed by atoms with Crippen LogP contribution in [0.15, 0.2) is 30.3 Å². The molecule has 0 aliphatic carbocycles. The SMILES string of the molecule is FC(F)(F)c1cccc(-c2c(Cl)cc(Cl)cc2Cl)n1. The Balaban J connectivity index is 2.60. The van der Waals surface area contributed by atoms with Crippen molar-refractivity contribution in [3.05, 3.63) is 51.1 Å². The highest BCUT2D eigenvalue weighted by Gasteiger charge is 2.32. The number of nitrogens with zero attached hydrogens (tertiary/aromatic N) is 1. The van der Waals surface area contributed by atoms with Crippen LogP contribution in [0.5, 0.6) is 0 Å². The fourth-order valence-electron chi connectivity index (χ4n) is 1.52. The van der Waals surface area contributed by atoms with Crippen LogP contribution in [0, 0.1) is 0 Å². The van der Waals surface area contributed by atoms with Gasteiger partial charge in [-0.15, -0.1) is 0 Å². The molecule has 19 heavy (non-hydrogen) atoms. The highest BCUT2D eigenvalue weighted by Crippen LogP contribution is 2.37. The molecule has 0 atom stereocenters. The van der Waals surface area contributed by atoms with Crippen molar-refractivity contribution >= 4 is 34.8 Å². The van der Waals surface area contributed by atoms with Gasteiger partial charge in [0.1, 0.15) is 5.69 Å². The van der Waals surface area contributed by atoms with Crippen LogP contribution >= 0.6 is 34.8 Å². The summed E-state index contributed by atoms with van der Waals surface area (Å²) < 4.78 is 37.8. The van der Waals surface area contributed by atoms with Crippen molar-refractivity contribution in [3.8, 4) is 11.3 Å². The summed E-state index contributed by atoms with van der Waals surface area (Å²) in [6, 6.07) is 6.31. The van der Waals surface area contributed by atoms with Crippen LogP contribution < -0.4 is 0 Å². The van der Waals surface area contributed by atoms with E-state index in [-0.39, 0.29) is 21.3 Å². The molecule has 7 heteroatoms. The highest BCUT2D eigenvalue weighted by atomic mass is 35.5. The standard InChI is InChI=1S/C12H5Cl3F3N/c13-6-4-7(14)11(8(15)5-6)9-2-1-3-10(19-9)12(16,17)18/h1-5H. The van der Waals surface area contributed by atoms with E-state index in [1.165, 1.54) is 24.3 Å². The Morgan fingerprint density at radius 2 is 1.53 bits per heavy atom. The van der Waals surface area contributed by atoms with Crippen molar-refractivity contribution in [3.63, 3.8) is 0 Å². The van der Waals surface area contributed by atoms with Crippen molar-refractivity contribution in [1.29, 1.82) is 0 Å². The first-order valence-corrected chi connectivity index (χ1v) is 6.11. The largest absolute Gasteiger partial charge is 0.433 e. The van der Waals surface area contributed by atoms with E-state index in [0.717, 1.165) is 6.07 Å². The van der Waals surface area contributed by atoms with E-state index < -0.39 is 11.9 Å². The zero-order valence-electron chi connectivity index (χ0n) is 9.10. The molecule has 1 heterocycles. The molecule has 0 saturated heterocycles. The summed E-state index contributed by atoms with van der Waals surface area (Å²) >= 11 is 17.6. The maximum atomic E-state index is 12.6. The quantitative estimate of drug-likeness (QED) is 0.652. The number of pyridine rings is 1. The average molecular weight is 327 g/mol. The van der Waals surface area contributed by atoms with Crippen molar-refractivity contribution in [2.45, 2.75) is 6.18 Å². The fourth-order valence-corrected chi connectivity index (χ4v) is 2.53. The minimum Gasteiger partial charge on any atom is -0.243 e.